The van der Waals surface area contributed by atoms with E-state index in [1.807, 2.05) is 12.1 Å². The number of halogens is 1. The third-order valence-corrected chi connectivity index (χ3v) is 3.23. The van der Waals surface area contributed by atoms with E-state index in [1.165, 1.54) is 29.5 Å². The normalized spacial score (nSPS) is 11.1. The molecule has 0 N–H and O–H groups in total. The second-order valence-corrected chi connectivity index (χ2v) is 4.69. The number of hydrogen-bond acceptors (Lipinski definition) is 5. The summed E-state index contributed by atoms with van der Waals surface area (Å²) in [5.74, 6) is 0. The van der Waals surface area contributed by atoms with E-state index in [9.17, 15) is 10.1 Å². The molecule has 1 aromatic carbocycles. The van der Waals surface area contributed by atoms with Crippen LogP contribution in [0.4, 0.5) is 5.69 Å². The van der Waals surface area contributed by atoms with Gasteiger partial charge < -0.3 is 4.57 Å². The van der Waals surface area contributed by atoms with Crippen LogP contribution in [0.1, 0.15) is 5.69 Å². The highest BCUT2D eigenvalue weighted by Gasteiger charge is 2.14. The Hall–Kier alpha value is -3.00. The molecule has 0 amide bonds. The molecule has 0 unspecified atom stereocenters. The first-order valence-electron chi connectivity index (χ1n) is 6.16. The lowest BCUT2D eigenvalue weighted by Gasteiger charge is -2.06. The molecule has 3 aromatic rings. The van der Waals surface area contributed by atoms with E-state index in [0.29, 0.717) is 5.69 Å². The van der Waals surface area contributed by atoms with Crippen molar-refractivity contribution in [1.29, 1.82) is 0 Å². The Kier molecular flexibility index (Phi) is 3.67. The number of hydrogen-bond donors (Lipinski definition) is 0. The molecule has 110 valence electrons. The van der Waals surface area contributed by atoms with Gasteiger partial charge in [-0.2, -0.15) is 5.10 Å². The average Bonchev–Trinajstić information content (AvgIpc) is 3.16. The predicted molar refractivity (Wildman–Crippen MR) is 80.4 cm³/mol. The zero-order valence-corrected chi connectivity index (χ0v) is 11.8. The van der Waals surface area contributed by atoms with E-state index in [-0.39, 0.29) is 10.7 Å². The van der Waals surface area contributed by atoms with Crippen LogP contribution in [0, 0.1) is 10.1 Å². The smallest absolute Gasteiger partial charge is 0.289 e. The molecule has 0 aliphatic heterocycles. The lowest BCUT2D eigenvalue weighted by atomic mass is 10.2. The van der Waals surface area contributed by atoms with E-state index in [2.05, 4.69) is 15.3 Å². The number of nitrogens with zero attached hydrogens (tertiary/aromatic N) is 6. The second kappa shape index (κ2) is 5.78. The third-order valence-electron chi connectivity index (χ3n) is 2.91. The summed E-state index contributed by atoms with van der Waals surface area (Å²) < 4.78 is 3.21. The van der Waals surface area contributed by atoms with Gasteiger partial charge in [-0.3, -0.25) is 10.1 Å². The number of nitro benzene ring substituents is 1. The van der Waals surface area contributed by atoms with Gasteiger partial charge in [-0.1, -0.05) is 11.6 Å². The molecule has 0 aliphatic carbocycles. The van der Waals surface area contributed by atoms with Gasteiger partial charge in [0.2, 0.25) is 0 Å². The highest BCUT2D eigenvalue weighted by molar-refractivity contribution is 6.32. The second-order valence-electron chi connectivity index (χ2n) is 4.28. The Morgan fingerprint density at radius 1 is 1.27 bits per heavy atom. The molecule has 3 rings (SSSR count). The largest absolute Gasteiger partial charge is 0.315 e. The molecule has 0 radical (unpaired) electrons. The summed E-state index contributed by atoms with van der Waals surface area (Å²) in [4.78, 5) is 10.5. The van der Waals surface area contributed by atoms with Crippen LogP contribution in [0.5, 0.6) is 0 Å². The lowest BCUT2D eigenvalue weighted by Crippen LogP contribution is -2.00. The highest BCUT2D eigenvalue weighted by atomic mass is 35.5. The number of nitro groups is 1. The first-order valence-corrected chi connectivity index (χ1v) is 6.53. The minimum Gasteiger partial charge on any atom is -0.315 e. The topological polar surface area (TPSA) is 91.1 Å². The van der Waals surface area contributed by atoms with Gasteiger partial charge in [-0.25, -0.2) is 4.68 Å². The van der Waals surface area contributed by atoms with Gasteiger partial charge >= 0.3 is 0 Å². The molecule has 0 saturated carbocycles. The molecule has 0 spiro atoms. The molecule has 0 aliphatic rings. The quantitative estimate of drug-likeness (QED) is 0.420. The molecule has 2 heterocycles. The maximum absolute atomic E-state index is 11.0. The van der Waals surface area contributed by atoms with Crippen molar-refractivity contribution in [1.82, 2.24) is 19.4 Å². The summed E-state index contributed by atoms with van der Waals surface area (Å²) >= 11 is 5.83. The number of rotatable bonds is 4. The monoisotopic (exact) mass is 316 g/mol. The van der Waals surface area contributed by atoms with E-state index in [0.717, 1.165) is 5.69 Å². The zero-order valence-electron chi connectivity index (χ0n) is 11.1. The van der Waals surface area contributed by atoms with Crippen molar-refractivity contribution >= 4 is 23.5 Å². The van der Waals surface area contributed by atoms with E-state index in [4.69, 9.17) is 11.6 Å². The molecule has 0 bridgehead atoms. The Morgan fingerprint density at radius 3 is 2.77 bits per heavy atom. The van der Waals surface area contributed by atoms with Crippen molar-refractivity contribution in [2.24, 2.45) is 5.10 Å². The lowest BCUT2D eigenvalue weighted by molar-refractivity contribution is -0.384. The van der Waals surface area contributed by atoms with Gasteiger partial charge in [0.25, 0.3) is 5.69 Å². The van der Waals surface area contributed by atoms with Crippen LogP contribution in [-0.4, -0.2) is 30.6 Å². The third kappa shape index (κ3) is 2.72. The van der Waals surface area contributed by atoms with E-state index in [1.54, 1.807) is 23.0 Å². The van der Waals surface area contributed by atoms with Crippen LogP contribution in [0.3, 0.4) is 0 Å². The van der Waals surface area contributed by atoms with Gasteiger partial charge in [0, 0.05) is 12.3 Å². The summed E-state index contributed by atoms with van der Waals surface area (Å²) in [5, 5.41) is 22.5. The van der Waals surface area contributed by atoms with Crippen LogP contribution in [0.25, 0.3) is 5.69 Å². The fraction of sp³-hybridized carbons (Fsp3) is 0. The van der Waals surface area contributed by atoms with E-state index >= 15 is 0 Å². The predicted octanol–water partition coefficient (Wildman–Crippen LogP) is 2.51. The molecule has 2 aromatic heterocycles. The first kappa shape index (κ1) is 14.0. The number of benzene rings is 1. The van der Waals surface area contributed by atoms with Gasteiger partial charge in [-0.15, -0.1) is 10.2 Å². The molecular weight excluding hydrogens is 308 g/mol. The van der Waals surface area contributed by atoms with Gasteiger partial charge in [-0.05, 0) is 24.3 Å². The van der Waals surface area contributed by atoms with Crippen LogP contribution in [0.2, 0.25) is 5.02 Å². The van der Waals surface area contributed by atoms with Gasteiger partial charge in [0.1, 0.15) is 17.7 Å². The molecule has 8 nitrogen and oxygen atoms in total. The summed E-state index contributed by atoms with van der Waals surface area (Å²) in [6, 6.07) is 8.25. The maximum atomic E-state index is 11.0. The minimum absolute atomic E-state index is 0.0978. The first-order chi connectivity index (χ1) is 10.6. The molecule has 0 fully saturated rings. The number of aromatic nitrogens is 4. The van der Waals surface area contributed by atoms with Crippen molar-refractivity contribution in [3.63, 3.8) is 0 Å². The van der Waals surface area contributed by atoms with Crippen molar-refractivity contribution in [2.75, 3.05) is 0 Å². The molecule has 0 atom stereocenters. The summed E-state index contributed by atoms with van der Waals surface area (Å²) in [6.07, 6.45) is 6.29. The Morgan fingerprint density at radius 2 is 2.05 bits per heavy atom. The molecule has 9 heteroatoms. The highest BCUT2D eigenvalue weighted by Crippen LogP contribution is 2.27. The van der Waals surface area contributed by atoms with E-state index < -0.39 is 4.92 Å². The van der Waals surface area contributed by atoms with Crippen molar-refractivity contribution in [2.45, 2.75) is 0 Å². The minimum atomic E-state index is -0.514. The Bertz CT molecular complexity index is 840. The van der Waals surface area contributed by atoms with Gasteiger partial charge in [0.05, 0.1) is 22.5 Å². The van der Waals surface area contributed by atoms with Gasteiger partial charge in [0.15, 0.2) is 0 Å². The van der Waals surface area contributed by atoms with Crippen molar-refractivity contribution in [3.8, 4) is 5.69 Å². The van der Waals surface area contributed by atoms with Crippen LogP contribution < -0.4 is 0 Å². The fourth-order valence-corrected chi connectivity index (χ4v) is 2.09. The Balaban J connectivity index is 1.98. The van der Waals surface area contributed by atoms with Crippen molar-refractivity contribution in [3.05, 3.63) is 70.0 Å². The molecule has 22 heavy (non-hydrogen) atoms. The summed E-state index contributed by atoms with van der Waals surface area (Å²) in [7, 11) is 0. The Labute approximate surface area is 129 Å². The average molecular weight is 317 g/mol. The van der Waals surface area contributed by atoms with Crippen molar-refractivity contribution < 1.29 is 4.92 Å². The zero-order chi connectivity index (χ0) is 15.5. The maximum Gasteiger partial charge on any atom is 0.289 e. The van der Waals surface area contributed by atoms with Crippen LogP contribution in [-0.2, 0) is 0 Å². The SMILES string of the molecule is O=[N+]([O-])c1cc(-n2cccc2C=Nn2cnnc2)ccc1Cl. The standard InChI is InChI=1S/C13H9ClN6O2/c14-12-4-3-10(6-13(12)20(21)22)19-5-1-2-11(19)7-17-18-8-15-16-9-18/h1-9H. The summed E-state index contributed by atoms with van der Waals surface area (Å²) in [5.41, 5.74) is 1.21. The molecular formula is C13H9ClN6O2. The van der Waals surface area contributed by atoms with Crippen LogP contribution >= 0.6 is 11.6 Å². The fourth-order valence-electron chi connectivity index (χ4n) is 1.91. The molecule has 0 saturated heterocycles. The van der Waals surface area contributed by atoms with Crippen LogP contribution in [0.15, 0.2) is 54.3 Å². The summed E-state index contributed by atoms with van der Waals surface area (Å²) in [6.45, 7) is 0.